The second kappa shape index (κ2) is 6.11. The molecule has 0 unspecified atom stereocenters. The Bertz CT molecular complexity index is 835. The molecule has 0 aliphatic heterocycles. The van der Waals surface area contributed by atoms with Gasteiger partial charge in [0.25, 0.3) is 5.91 Å². The summed E-state index contributed by atoms with van der Waals surface area (Å²) in [5, 5.41) is 3.89. The molecule has 0 aliphatic carbocycles. The van der Waals surface area contributed by atoms with Gasteiger partial charge in [-0.05, 0) is 52.9 Å². The number of aromatic nitrogens is 1. The summed E-state index contributed by atoms with van der Waals surface area (Å²) in [6.45, 7) is 0. The van der Waals surface area contributed by atoms with Gasteiger partial charge in [-0.2, -0.15) is 0 Å². The maximum atomic E-state index is 12.4. The van der Waals surface area contributed by atoms with Crippen molar-refractivity contribution in [1.82, 2.24) is 4.98 Å². The van der Waals surface area contributed by atoms with Crippen LogP contribution in [0, 0.1) is 3.57 Å². The van der Waals surface area contributed by atoms with Gasteiger partial charge in [-0.15, -0.1) is 0 Å². The van der Waals surface area contributed by atoms with Crippen LogP contribution in [0.1, 0.15) is 10.4 Å². The summed E-state index contributed by atoms with van der Waals surface area (Å²) in [6.07, 6.45) is 1.67. The molecule has 21 heavy (non-hydrogen) atoms. The Balaban J connectivity index is 1.90. The van der Waals surface area contributed by atoms with E-state index in [9.17, 15) is 4.79 Å². The molecule has 0 bridgehead atoms. The quantitative estimate of drug-likeness (QED) is 0.564. The molecule has 0 saturated heterocycles. The van der Waals surface area contributed by atoms with Crippen LogP contribution in [0.2, 0.25) is 0 Å². The number of anilines is 1. The fourth-order valence-corrected chi connectivity index (χ4v) is 2.95. The third-order valence-corrected chi connectivity index (χ3v) is 4.46. The van der Waals surface area contributed by atoms with E-state index in [1.54, 1.807) is 6.20 Å². The molecule has 5 heteroatoms. The number of hydrogen-bond acceptors (Lipinski definition) is 2. The molecule has 3 rings (SSSR count). The van der Waals surface area contributed by atoms with E-state index < -0.39 is 0 Å². The number of nitrogens with one attached hydrogen (secondary N) is 1. The molecule has 2 aromatic carbocycles. The van der Waals surface area contributed by atoms with Crippen molar-refractivity contribution in [2.24, 2.45) is 0 Å². The summed E-state index contributed by atoms with van der Waals surface area (Å²) in [4.78, 5) is 16.7. The Kier molecular flexibility index (Phi) is 4.21. The maximum absolute atomic E-state index is 12.4. The Morgan fingerprint density at radius 2 is 1.95 bits per heavy atom. The molecule has 0 saturated carbocycles. The fraction of sp³-hybridized carbons (Fsp3) is 0. The number of para-hydroxylation sites is 1. The number of amides is 1. The summed E-state index contributed by atoms with van der Waals surface area (Å²) < 4.78 is 1.78. The highest BCUT2D eigenvalue weighted by Gasteiger charge is 2.11. The normalized spacial score (nSPS) is 10.6. The number of halogens is 2. The molecule has 1 heterocycles. The van der Waals surface area contributed by atoms with Gasteiger partial charge >= 0.3 is 0 Å². The molecule has 3 aromatic rings. The largest absolute Gasteiger partial charge is 0.321 e. The smallest absolute Gasteiger partial charge is 0.256 e. The van der Waals surface area contributed by atoms with Gasteiger partial charge in [0.1, 0.15) is 0 Å². The van der Waals surface area contributed by atoms with Crippen LogP contribution in [0.5, 0.6) is 0 Å². The molecule has 0 aliphatic rings. The van der Waals surface area contributed by atoms with Crippen molar-refractivity contribution in [2.45, 2.75) is 0 Å². The number of fused-ring (bicyclic) bond motifs is 1. The molecular weight excluding hydrogens is 443 g/mol. The summed E-state index contributed by atoms with van der Waals surface area (Å²) in [6, 6.07) is 15.4. The molecule has 1 N–H and O–H groups in total. The molecule has 1 aromatic heterocycles. The van der Waals surface area contributed by atoms with Gasteiger partial charge in [-0.25, -0.2) is 0 Å². The zero-order chi connectivity index (χ0) is 14.8. The standard InChI is InChI=1S/C16H10BrIN2O/c17-11-5-6-14(18)13(8-11)16(21)20-12-7-10-3-1-2-4-15(10)19-9-12/h1-9H,(H,20,21). The minimum atomic E-state index is -0.141. The lowest BCUT2D eigenvalue weighted by Crippen LogP contribution is -2.13. The van der Waals surface area contributed by atoms with Gasteiger partial charge in [0.15, 0.2) is 0 Å². The number of hydrogen-bond donors (Lipinski definition) is 1. The summed E-state index contributed by atoms with van der Waals surface area (Å²) in [7, 11) is 0. The second-order valence-corrected chi connectivity index (χ2v) is 6.57. The molecule has 0 spiro atoms. The van der Waals surface area contributed by atoms with Gasteiger partial charge in [0.05, 0.1) is 23.0 Å². The van der Waals surface area contributed by atoms with Gasteiger partial charge in [-0.3, -0.25) is 9.78 Å². The molecule has 0 fully saturated rings. The first kappa shape index (κ1) is 14.5. The van der Waals surface area contributed by atoms with Crippen molar-refractivity contribution in [3.63, 3.8) is 0 Å². The highest BCUT2D eigenvalue weighted by Crippen LogP contribution is 2.21. The van der Waals surface area contributed by atoms with Crippen molar-refractivity contribution in [2.75, 3.05) is 5.32 Å². The predicted molar refractivity (Wildman–Crippen MR) is 96.6 cm³/mol. The van der Waals surface area contributed by atoms with Gasteiger partial charge < -0.3 is 5.32 Å². The maximum Gasteiger partial charge on any atom is 0.256 e. The van der Waals surface area contributed by atoms with Crippen molar-refractivity contribution in [3.8, 4) is 0 Å². The van der Waals surface area contributed by atoms with E-state index in [1.807, 2.05) is 48.5 Å². The molecule has 3 nitrogen and oxygen atoms in total. The first-order valence-electron chi connectivity index (χ1n) is 6.25. The molecule has 0 radical (unpaired) electrons. The average molecular weight is 453 g/mol. The summed E-state index contributed by atoms with van der Waals surface area (Å²) in [5.41, 5.74) is 2.24. The van der Waals surface area contributed by atoms with Gasteiger partial charge in [0.2, 0.25) is 0 Å². The minimum Gasteiger partial charge on any atom is -0.321 e. The Hall–Kier alpha value is -1.47. The molecular formula is C16H10BrIN2O. The average Bonchev–Trinajstić information content (AvgIpc) is 2.49. The molecule has 104 valence electrons. The van der Waals surface area contributed by atoms with Crippen LogP contribution in [-0.4, -0.2) is 10.9 Å². The van der Waals surface area contributed by atoms with Crippen LogP contribution in [0.25, 0.3) is 10.9 Å². The van der Waals surface area contributed by atoms with Gasteiger partial charge in [-0.1, -0.05) is 34.1 Å². The van der Waals surface area contributed by atoms with Crippen LogP contribution in [-0.2, 0) is 0 Å². The number of pyridine rings is 1. The van der Waals surface area contributed by atoms with Crippen molar-refractivity contribution in [1.29, 1.82) is 0 Å². The SMILES string of the molecule is O=C(Nc1cnc2ccccc2c1)c1cc(Br)ccc1I. The minimum absolute atomic E-state index is 0.141. The van der Waals surface area contributed by atoms with Crippen LogP contribution in [0.3, 0.4) is 0 Å². The van der Waals surface area contributed by atoms with Crippen molar-refractivity contribution >= 4 is 61.0 Å². The Morgan fingerprint density at radius 1 is 1.14 bits per heavy atom. The van der Waals surface area contributed by atoms with E-state index in [-0.39, 0.29) is 5.91 Å². The number of carbonyl (C=O) groups is 1. The Labute approximate surface area is 144 Å². The highest BCUT2D eigenvalue weighted by molar-refractivity contribution is 14.1. The number of carbonyl (C=O) groups excluding carboxylic acids is 1. The van der Waals surface area contributed by atoms with E-state index >= 15 is 0 Å². The van der Waals surface area contributed by atoms with E-state index in [2.05, 4.69) is 48.8 Å². The number of rotatable bonds is 2. The van der Waals surface area contributed by atoms with Gasteiger partial charge in [0, 0.05) is 13.4 Å². The highest BCUT2D eigenvalue weighted by atomic mass is 127. The third kappa shape index (κ3) is 3.24. The first-order valence-corrected chi connectivity index (χ1v) is 8.12. The first-order chi connectivity index (χ1) is 10.1. The van der Waals surface area contributed by atoms with E-state index in [0.717, 1.165) is 18.9 Å². The molecule has 1 amide bonds. The molecule has 0 atom stereocenters. The second-order valence-electron chi connectivity index (χ2n) is 4.49. The predicted octanol–water partition coefficient (Wildman–Crippen LogP) is 4.85. The van der Waals surface area contributed by atoms with Crippen LogP contribution in [0.15, 0.2) is 59.2 Å². The van der Waals surface area contributed by atoms with E-state index in [4.69, 9.17) is 0 Å². The lowest BCUT2D eigenvalue weighted by atomic mass is 10.2. The number of benzene rings is 2. The van der Waals surface area contributed by atoms with E-state index in [0.29, 0.717) is 11.3 Å². The zero-order valence-corrected chi connectivity index (χ0v) is 14.6. The van der Waals surface area contributed by atoms with Crippen molar-refractivity contribution in [3.05, 3.63) is 68.3 Å². The number of nitrogens with zero attached hydrogens (tertiary/aromatic N) is 1. The van der Waals surface area contributed by atoms with Crippen LogP contribution < -0.4 is 5.32 Å². The monoisotopic (exact) mass is 452 g/mol. The summed E-state index contributed by atoms with van der Waals surface area (Å²) in [5.74, 6) is -0.141. The zero-order valence-electron chi connectivity index (χ0n) is 10.8. The lowest BCUT2D eigenvalue weighted by molar-refractivity contribution is 0.102. The van der Waals surface area contributed by atoms with Crippen molar-refractivity contribution < 1.29 is 4.79 Å². The van der Waals surface area contributed by atoms with Crippen LogP contribution in [0.4, 0.5) is 5.69 Å². The fourth-order valence-electron chi connectivity index (χ4n) is 2.01. The Morgan fingerprint density at radius 3 is 2.81 bits per heavy atom. The lowest BCUT2D eigenvalue weighted by Gasteiger charge is -2.08. The topological polar surface area (TPSA) is 42.0 Å². The van der Waals surface area contributed by atoms with E-state index in [1.165, 1.54) is 0 Å². The third-order valence-electron chi connectivity index (χ3n) is 3.02. The van der Waals surface area contributed by atoms with Crippen LogP contribution >= 0.6 is 38.5 Å². The summed E-state index contributed by atoms with van der Waals surface area (Å²) >= 11 is 5.54.